The summed E-state index contributed by atoms with van der Waals surface area (Å²) >= 11 is 0. The maximum Gasteiger partial charge on any atom is 0.472 e. The van der Waals surface area contributed by atoms with Crippen LogP contribution in [0.3, 0.4) is 0 Å². The quantitative estimate of drug-likeness (QED) is 0.0222. The van der Waals surface area contributed by atoms with Crippen LogP contribution in [0.25, 0.3) is 0 Å². The molecule has 0 saturated carbocycles. The largest absolute Gasteiger partial charge is 0.472 e. The highest BCUT2D eigenvalue weighted by Crippen LogP contribution is 2.45. The van der Waals surface area contributed by atoms with Crippen molar-refractivity contribution in [2.75, 3.05) is 39.6 Å². The Kier molecular flexibility index (Phi) is 68.4. The molecule has 0 aliphatic carbocycles. The molecule has 6 atom stereocenters. The minimum atomic E-state index is -4.96. The second-order valence-corrected chi connectivity index (χ2v) is 31.7. The molecule has 0 radical (unpaired) electrons. The minimum absolute atomic E-state index is 0.106. The summed E-state index contributed by atoms with van der Waals surface area (Å²) in [6.45, 7) is 9.64. The average molecular weight is 1420 g/mol. The fraction of sp³-hybridized carbons (Fsp3) is 0.949. The van der Waals surface area contributed by atoms with E-state index in [1.807, 2.05) is 0 Å². The van der Waals surface area contributed by atoms with Gasteiger partial charge in [-0.15, -0.1) is 0 Å². The number of aliphatic hydroxyl groups is 1. The summed E-state index contributed by atoms with van der Waals surface area (Å²) in [5, 5.41) is 10.6. The molecular weight excluding hydrogens is 1270 g/mol. The molecular formula is C78H152O17P2. The first-order chi connectivity index (χ1) is 46.9. The lowest BCUT2D eigenvalue weighted by molar-refractivity contribution is -0.161. The predicted octanol–water partition coefficient (Wildman–Crippen LogP) is 23.1. The molecule has 17 nitrogen and oxygen atoms in total. The van der Waals surface area contributed by atoms with E-state index in [4.69, 9.17) is 37.0 Å². The molecule has 0 spiro atoms. The Morgan fingerprint density at radius 2 is 0.526 bits per heavy atom. The number of unbranched alkanes of at least 4 members (excludes halogenated alkanes) is 46. The Bertz CT molecular complexity index is 1870. The van der Waals surface area contributed by atoms with Crippen LogP contribution >= 0.6 is 15.6 Å². The zero-order valence-electron chi connectivity index (χ0n) is 63.4. The highest BCUT2D eigenvalue weighted by molar-refractivity contribution is 7.47. The highest BCUT2D eigenvalue weighted by Gasteiger charge is 2.30. The molecule has 0 aromatic carbocycles. The van der Waals surface area contributed by atoms with Crippen molar-refractivity contribution in [1.29, 1.82) is 0 Å². The van der Waals surface area contributed by atoms with Gasteiger partial charge in [0.1, 0.15) is 19.3 Å². The van der Waals surface area contributed by atoms with Gasteiger partial charge in [-0.2, -0.15) is 0 Å². The van der Waals surface area contributed by atoms with Gasteiger partial charge in [-0.05, 0) is 37.5 Å². The fourth-order valence-electron chi connectivity index (χ4n) is 12.0. The lowest BCUT2D eigenvalue weighted by Crippen LogP contribution is -2.30. The molecule has 0 saturated heterocycles. The number of aliphatic hydroxyl groups excluding tert-OH is 1. The zero-order valence-corrected chi connectivity index (χ0v) is 65.2. The lowest BCUT2D eigenvalue weighted by Gasteiger charge is -2.21. The molecule has 0 bridgehead atoms. The highest BCUT2D eigenvalue weighted by atomic mass is 31.2. The van der Waals surface area contributed by atoms with Gasteiger partial charge in [0, 0.05) is 25.7 Å². The number of phosphoric acid groups is 2. The van der Waals surface area contributed by atoms with E-state index in [0.717, 1.165) is 108 Å². The fourth-order valence-corrected chi connectivity index (χ4v) is 13.6. The van der Waals surface area contributed by atoms with E-state index in [0.29, 0.717) is 25.7 Å². The molecule has 0 aromatic heterocycles. The van der Waals surface area contributed by atoms with E-state index in [-0.39, 0.29) is 25.7 Å². The Labute approximate surface area is 594 Å². The standard InChI is InChI=1S/C78H152O17P2/c1-7-10-12-14-16-18-19-20-21-25-28-31-37-43-49-55-61-76(81)89-67-74(95-77(82)62-56-50-44-38-32-29-26-23-22-24-27-30-35-40-46-52-58-70(4)5)69-93-97(86,87)91-65-72(79)64-90-96(84,85)92-68-73(66-88-75(80)60-54-48-42-17-15-13-11-8-2)94-78(83)63-57-51-45-39-34-33-36-41-47-53-59-71(6)9-3/h70-74,79H,7-69H2,1-6H3,(H,84,85)(H,86,87)/t71?,72-,73+,74+/m0/s1. The summed E-state index contributed by atoms with van der Waals surface area (Å²) in [5.74, 6) is -0.502. The van der Waals surface area contributed by atoms with E-state index in [1.54, 1.807) is 0 Å². The molecule has 0 aliphatic rings. The first-order valence-corrected chi connectivity index (χ1v) is 43.5. The van der Waals surface area contributed by atoms with Gasteiger partial charge in [0.05, 0.1) is 26.4 Å². The van der Waals surface area contributed by atoms with Crippen LogP contribution in [0.2, 0.25) is 0 Å². The first kappa shape index (κ1) is 95.1. The molecule has 0 rings (SSSR count). The normalized spacial score (nSPS) is 14.2. The Morgan fingerprint density at radius 1 is 0.299 bits per heavy atom. The van der Waals surface area contributed by atoms with Crippen molar-refractivity contribution < 1.29 is 80.2 Å². The molecule has 0 aliphatic heterocycles. The van der Waals surface area contributed by atoms with Crippen molar-refractivity contribution in [2.45, 2.75) is 426 Å². The third-order valence-electron chi connectivity index (χ3n) is 18.6. The second-order valence-electron chi connectivity index (χ2n) is 28.8. The van der Waals surface area contributed by atoms with Gasteiger partial charge in [-0.3, -0.25) is 37.3 Å². The van der Waals surface area contributed by atoms with Crippen molar-refractivity contribution in [1.82, 2.24) is 0 Å². The van der Waals surface area contributed by atoms with Crippen LogP contribution in [0, 0.1) is 11.8 Å². The third-order valence-corrected chi connectivity index (χ3v) is 20.5. The molecule has 3 N–H and O–H groups in total. The summed E-state index contributed by atoms with van der Waals surface area (Å²) in [7, 11) is -9.91. The number of phosphoric ester groups is 2. The summed E-state index contributed by atoms with van der Waals surface area (Å²) in [5.41, 5.74) is 0. The monoisotopic (exact) mass is 1420 g/mol. The first-order valence-electron chi connectivity index (χ1n) is 40.5. The van der Waals surface area contributed by atoms with Gasteiger partial charge in [-0.25, -0.2) is 9.13 Å². The van der Waals surface area contributed by atoms with Gasteiger partial charge in [0.15, 0.2) is 12.2 Å². The Morgan fingerprint density at radius 3 is 0.784 bits per heavy atom. The molecule has 19 heteroatoms. The molecule has 0 aromatic rings. The van der Waals surface area contributed by atoms with Crippen LogP contribution in [-0.2, 0) is 65.4 Å². The lowest BCUT2D eigenvalue weighted by atomic mass is 9.99. The number of ether oxygens (including phenoxy) is 4. The van der Waals surface area contributed by atoms with Crippen molar-refractivity contribution in [2.24, 2.45) is 11.8 Å². The maximum atomic E-state index is 13.1. The Balaban J connectivity index is 5.21. The number of carbonyl (C=O) groups is 4. The molecule has 97 heavy (non-hydrogen) atoms. The van der Waals surface area contributed by atoms with Crippen LogP contribution in [0.5, 0.6) is 0 Å². The van der Waals surface area contributed by atoms with E-state index in [1.165, 1.54) is 218 Å². The maximum absolute atomic E-state index is 13.1. The molecule has 576 valence electrons. The second kappa shape index (κ2) is 69.8. The van der Waals surface area contributed by atoms with Crippen LogP contribution in [0.1, 0.15) is 408 Å². The number of rotatable bonds is 77. The molecule has 0 amide bonds. The van der Waals surface area contributed by atoms with Crippen molar-refractivity contribution >= 4 is 39.5 Å². The van der Waals surface area contributed by atoms with Crippen LogP contribution in [0.4, 0.5) is 0 Å². The van der Waals surface area contributed by atoms with Gasteiger partial charge < -0.3 is 33.8 Å². The topological polar surface area (TPSA) is 237 Å². The molecule has 3 unspecified atom stereocenters. The van der Waals surface area contributed by atoms with Crippen molar-refractivity contribution in [3.8, 4) is 0 Å². The van der Waals surface area contributed by atoms with E-state index in [9.17, 15) is 43.2 Å². The van der Waals surface area contributed by atoms with Gasteiger partial charge in [-0.1, -0.05) is 356 Å². The number of hydrogen-bond donors (Lipinski definition) is 3. The van der Waals surface area contributed by atoms with Crippen molar-refractivity contribution in [3.05, 3.63) is 0 Å². The number of carbonyl (C=O) groups excluding carboxylic acids is 4. The van der Waals surface area contributed by atoms with Crippen molar-refractivity contribution in [3.63, 3.8) is 0 Å². The van der Waals surface area contributed by atoms with Gasteiger partial charge >= 0.3 is 39.5 Å². The van der Waals surface area contributed by atoms with Gasteiger partial charge in [0.25, 0.3) is 0 Å². The zero-order chi connectivity index (χ0) is 71.4. The smallest absolute Gasteiger partial charge is 0.462 e. The Hall–Kier alpha value is -1.94. The summed E-state index contributed by atoms with van der Waals surface area (Å²) in [6, 6.07) is 0. The summed E-state index contributed by atoms with van der Waals surface area (Å²) in [6.07, 6.45) is 58.2. The van der Waals surface area contributed by atoms with E-state index < -0.39 is 97.5 Å². The number of esters is 4. The van der Waals surface area contributed by atoms with Crippen LogP contribution < -0.4 is 0 Å². The van der Waals surface area contributed by atoms with Crippen LogP contribution in [0.15, 0.2) is 0 Å². The summed E-state index contributed by atoms with van der Waals surface area (Å²) in [4.78, 5) is 72.8. The SMILES string of the molecule is CCCCCCCCCCCCCCCCCCC(=O)OC[C@H](COP(=O)(O)OC[C@@H](O)COP(=O)(O)OC[C@@H](COC(=O)CCCCCCCCCC)OC(=O)CCCCCCCCCCCCC(C)CC)OC(=O)CCCCCCCCCCCCCCCCCCC(C)C. The molecule has 0 fully saturated rings. The average Bonchev–Trinajstić information content (AvgIpc) is 1.08. The number of hydrogen-bond acceptors (Lipinski definition) is 15. The van der Waals surface area contributed by atoms with Gasteiger partial charge in [0.2, 0.25) is 0 Å². The summed E-state index contributed by atoms with van der Waals surface area (Å²) < 4.78 is 68.6. The van der Waals surface area contributed by atoms with E-state index >= 15 is 0 Å². The minimum Gasteiger partial charge on any atom is -0.462 e. The predicted molar refractivity (Wildman–Crippen MR) is 395 cm³/mol. The third kappa shape index (κ3) is 70.9. The van der Waals surface area contributed by atoms with E-state index in [2.05, 4.69) is 41.5 Å². The van der Waals surface area contributed by atoms with Crippen LogP contribution in [-0.4, -0.2) is 96.7 Å². The molecule has 0 heterocycles.